The number of carbonyl (C=O) groups is 1. The Morgan fingerprint density at radius 3 is 2.58 bits per heavy atom. The van der Waals surface area contributed by atoms with E-state index in [0.29, 0.717) is 17.7 Å². The Hall–Kier alpha value is -1.91. The van der Waals surface area contributed by atoms with Crippen LogP contribution in [0.4, 0.5) is 5.69 Å². The Bertz CT molecular complexity index is 793. The SMILES string of the molecule is N#Cc1ccccc1NC(=O)CCN1CCN(Cc2ccc(Cl)s2)CC1. The number of amides is 1. The summed E-state index contributed by atoms with van der Waals surface area (Å²) < 4.78 is 0.836. The summed E-state index contributed by atoms with van der Waals surface area (Å²) in [5, 5.41) is 11.9. The molecule has 0 saturated carbocycles. The smallest absolute Gasteiger partial charge is 0.225 e. The number of benzene rings is 1. The van der Waals surface area contributed by atoms with Crippen LogP contribution in [0, 0.1) is 11.3 Å². The van der Waals surface area contributed by atoms with Crippen molar-refractivity contribution < 1.29 is 4.79 Å². The van der Waals surface area contributed by atoms with Crippen LogP contribution in [0.3, 0.4) is 0 Å². The summed E-state index contributed by atoms with van der Waals surface area (Å²) in [6.45, 7) is 5.58. The fourth-order valence-corrected chi connectivity index (χ4v) is 4.12. The minimum absolute atomic E-state index is 0.0524. The van der Waals surface area contributed by atoms with E-state index in [0.717, 1.165) is 43.6 Å². The first kappa shape index (κ1) is 18.9. The first-order chi connectivity index (χ1) is 12.6. The van der Waals surface area contributed by atoms with Gasteiger partial charge in [0.1, 0.15) is 6.07 Å². The van der Waals surface area contributed by atoms with Gasteiger partial charge in [-0.3, -0.25) is 9.69 Å². The molecule has 136 valence electrons. The van der Waals surface area contributed by atoms with Gasteiger partial charge in [-0.05, 0) is 24.3 Å². The number of nitrogens with zero attached hydrogens (tertiary/aromatic N) is 3. The van der Waals surface area contributed by atoms with Crippen molar-refractivity contribution in [2.75, 3.05) is 38.0 Å². The lowest BCUT2D eigenvalue weighted by Crippen LogP contribution is -2.46. The third-order valence-corrected chi connectivity index (χ3v) is 5.67. The molecule has 1 saturated heterocycles. The second-order valence-electron chi connectivity index (χ2n) is 6.28. The molecule has 1 aliphatic rings. The summed E-state index contributed by atoms with van der Waals surface area (Å²) in [5.74, 6) is -0.0524. The number of carbonyl (C=O) groups excluding carboxylic acids is 1. The highest BCUT2D eigenvalue weighted by Crippen LogP contribution is 2.23. The Morgan fingerprint density at radius 2 is 1.88 bits per heavy atom. The van der Waals surface area contributed by atoms with Gasteiger partial charge in [-0.1, -0.05) is 23.7 Å². The molecule has 2 heterocycles. The zero-order valence-corrected chi connectivity index (χ0v) is 16.0. The van der Waals surface area contributed by atoms with Crippen LogP contribution >= 0.6 is 22.9 Å². The van der Waals surface area contributed by atoms with Crippen LogP contribution in [0.25, 0.3) is 0 Å². The van der Waals surface area contributed by atoms with Crippen LogP contribution in [0.5, 0.6) is 0 Å². The maximum atomic E-state index is 12.2. The number of rotatable bonds is 6. The van der Waals surface area contributed by atoms with Crippen molar-refractivity contribution in [1.82, 2.24) is 9.80 Å². The van der Waals surface area contributed by atoms with Gasteiger partial charge in [0.05, 0.1) is 15.6 Å². The minimum Gasteiger partial charge on any atom is -0.325 e. The number of halogens is 1. The fourth-order valence-electron chi connectivity index (χ4n) is 2.99. The van der Waals surface area contributed by atoms with E-state index in [1.165, 1.54) is 4.88 Å². The number of nitrogens with one attached hydrogen (secondary N) is 1. The van der Waals surface area contributed by atoms with Gasteiger partial charge in [-0.2, -0.15) is 5.26 Å². The second kappa shape index (κ2) is 9.15. The van der Waals surface area contributed by atoms with Crippen LogP contribution < -0.4 is 5.32 Å². The van der Waals surface area contributed by atoms with E-state index in [9.17, 15) is 4.79 Å². The van der Waals surface area contributed by atoms with Crippen molar-refractivity contribution in [3.63, 3.8) is 0 Å². The van der Waals surface area contributed by atoms with Gasteiger partial charge in [-0.25, -0.2) is 0 Å². The highest BCUT2D eigenvalue weighted by molar-refractivity contribution is 7.16. The summed E-state index contributed by atoms with van der Waals surface area (Å²) in [4.78, 5) is 18.2. The van der Waals surface area contributed by atoms with E-state index in [2.05, 4.69) is 27.3 Å². The first-order valence-electron chi connectivity index (χ1n) is 8.62. The summed E-state index contributed by atoms with van der Waals surface area (Å²) in [7, 11) is 0. The lowest BCUT2D eigenvalue weighted by atomic mass is 10.2. The highest BCUT2D eigenvalue weighted by atomic mass is 35.5. The predicted molar refractivity (Wildman–Crippen MR) is 105 cm³/mol. The molecule has 1 N–H and O–H groups in total. The topological polar surface area (TPSA) is 59.4 Å². The molecule has 0 atom stereocenters. The second-order valence-corrected chi connectivity index (χ2v) is 8.08. The fraction of sp³-hybridized carbons (Fsp3) is 0.368. The number of piperazine rings is 1. The zero-order chi connectivity index (χ0) is 18.4. The molecular formula is C19H21ClN4OS. The number of hydrogen-bond donors (Lipinski definition) is 1. The van der Waals surface area contributed by atoms with Gasteiger partial charge >= 0.3 is 0 Å². The largest absolute Gasteiger partial charge is 0.325 e. The summed E-state index contributed by atoms with van der Waals surface area (Å²) in [6, 6.07) is 13.2. The number of hydrogen-bond acceptors (Lipinski definition) is 5. The lowest BCUT2D eigenvalue weighted by molar-refractivity contribution is -0.116. The van der Waals surface area contributed by atoms with Gasteiger partial charge < -0.3 is 10.2 Å². The quantitative estimate of drug-likeness (QED) is 0.823. The monoisotopic (exact) mass is 388 g/mol. The zero-order valence-electron chi connectivity index (χ0n) is 14.4. The summed E-state index contributed by atoms with van der Waals surface area (Å²) >= 11 is 7.62. The third-order valence-electron chi connectivity index (χ3n) is 4.45. The van der Waals surface area contributed by atoms with Crippen molar-refractivity contribution in [2.45, 2.75) is 13.0 Å². The highest BCUT2D eigenvalue weighted by Gasteiger charge is 2.18. The molecule has 1 aliphatic heterocycles. The Kier molecular flexibility index (Phi) is 6.64. The van der Waals surface area contributed by atoms with Gasteiger partial charge in [0.25, 0.3) is 0 Å². The molecule has 26 heavy (non-hydrogen) atoms. The van der Waals surface area contributed by atoms with Crippen LogP contribution in [0.2, 0.25) is 4.34 Å². The van der Waals surface area contributed by atoms with Crippen molar-refractivity contribution in [3.8, 4) is 6.07 Å². The third kappa shape index (κ3) is 5.29. The Balaban J connectivity index is 1.39. The van der Waals surface area contributed by atoms with Crippen LogP contribution in [0.15, 0.2) is 36.4 Å². The van der Waals surface area contributed by atoms with E-state index in [1.807, 2.05) is 12.1 Å². The van der Waals surface area contributed by atoms with Gasteiger partial charge in [0, 0.05) is 50.6 Å². The van der Waals surface area contributed by atoms with Crippen LogP contribution in [0.1, 0.15) is 16.9 Å². The molecule has 0 aliphatic carbocycles. The molecule has 1 amide bonds. The normalized spacial score (nSPS) is 15.5. The molecule has 0 bridgehead atoms. The van der Waals surface area contributed by atoms with Gasteiger partial charge in [0.2, 0.25) is 5.91 Å². The van der Waals surface area contributed by atoms with E-state index >= 15 is 0 Å². The maximum Gasteiger partial charge on any atom is 0.225 e. The van der Waals surface area contributed by atoms with E-state index in [4.69, 9.17) is 16.9 Å². The molecule has 1 fully saturated rings. The maximum absolute atomic E-state index is 12.2. The van der Waals surface area contributed by atoms with Crippen molar-refractivity contribution in [2.24, 2.45) is 0 Å². The number of nitriles is 1. The van der Waals surface area contributed by atoms with Crippen molar-refractivity contribution in [3.05, 3.63) is 51.2 Å². The number of anilines is 1. The van der Waals surface area contributed by atoms with E-state index < -0.39 is 0 Å². The van der Waals surface area contributed by atoms with Gasteiger partial charge in [-0.15, -0.1) is 11.3 Å². The predicted octanol–water partition coefficient (Wildman–Crippen LogP) is 3.42. The molecule has 1 aromatic carbocycles. The molecule has 3 rings (SSSR count). The first-order valence-corrected chi connectivity index (χ1v) is 9.81. The molecule has 0 spiro atoms. The van der Waals surface area contributed by atoms with Crippen LogP contribution in [-0.2, 0) is 11.3 Å². The molecule has 2 aromatic rings. The summed E-state index contributed by atoms with van der Waals surface area (Å²) in [6.07, 6.45) is 0.431. The van der Waals surface area contributed by atoms with E-state index in [-0.39, 0.29) is 5.91 Å². The number of thiophene rings is 1. The lowest BCUT2D eigenvalue weighted by Gasteiger charge is -2.34. The van der Waals surface area contributed by atoms with Crippen molar-refractivity contribution >= 4 is 34.5 Å². The molecule has 7 heteroatoms. The molecule has 0 unspecified atom stereocenters. The standard InChI is InChI=1S/C19H21ClN4OS/c20-18-6-5-16(26-18)14-24-11-9-23(10-12-24)8-7-19(25)22-17-4-2-1-3-15(17)13-21/h1-6H,7-12,14H2,(H,22,25). The average Bonchev–Trinajstić information content (AvgIpc) is 3.06. The average molecular weight is 389 g/mol. The minimum atomic E-state index is -0.0524. The Morgan fingerprint density at radius 1 is 1.15 bits per heavy atom. The number of para-hydroxylation sites is 1. The molecular weight excluding hydrogens is 368 g/mol. The molecule has 5 nitrogen and oxygen atoms in total. The van der Waals surface area contributed by atoms with Crippen molar-refractivity contribution in [1.29, 1.82) is 5.26 Å². The summed E-state index contributed by atoms with van der Waals surface area (Å²) in [5.41, 5.74) is 1.07. The van der Waals surface area contributed by atoms with Crippen LogP contribution in [-0.4, -0.2) is 48.4 Å². The molecule has 0 radical (unpaired) electrons. The molecule has 1 aromatic heterocycles. The Labute approximate surface area is 162 Å². The van der Waals surface area contributed by atoms with Gasteiger partial charge in [0.15, 0.2) is 0 Å². The van der Waals surface area contributed by atoms with E-state index in [1.54, 1.807) is 29.5 Å².